The van der Waals surface area contributed by atoms with Gasteiger partial charge in [0.1, 0.15) is 11.5 Å². The number of carbonyl (C=O) groups is 2. The largest absolute Gasteiger partial charge is 0.464 e. The number of amides is 1. The van der Waals surface area contributed by atoms with E-state index in [1.54, 1.807) is 29.9 Å². The van der Waals surface area contributed by atoms with Crippen LogP contribution in [0.3, 0.4) is 0 Å². The van der Waals surface area contributed by atoms with Gasteiger partial charge in [0.05, 0.1) is 24.7 Å². The van der Waals surface area contributed by atoms with Crippen LogP contribution in [0.2, 0.25) is 0 Å². The maximum atomic E-state index is 14.1. The van der Waals surface area contributed by atoms with E-state index in [-0.39, 0.29) is 29.9 Å². The van der Waals surface area contributed by atoms with Gasteiger partial charge in [0, 0.05) is 24.9 Å². The number of rotatable bonds is 9. The number of aryl methyl sites for hydroxylation is 2. The van der Waals surface area contributed by atoms with Crippen molar-refractivity contribution in [3.8, 4) is 0 Å². The molecular weight excluding hydrogens is 459 g/mol. The fourth-order valence-corrected chi connectivity index (χ4v) is 4.28. The van der Waals surface area contributed by atoms with E-state index in [1.807, 2.05) is 49.4 Å². The number of hydrogen-bond donors (Lipinski definition) is 2. The Morgan fingerprint density at radius 2 is 1.83 bits per heavy atom. The summed E-state index contributed by atoms with van der Waals surface area (Å²) < 4.78 is 20.7. The Labute approximate surface area is 209 Å². The van der Waals surface area contributed by atoms with E-state index < -0.39 is 5.97 Å². The van der Waals surface area contributed by atoms with E-state index in [0.717, 1.165) is 5.56 Å². The Morgan fingerprint density at radius 3 is 2.56 bits per heavy atom. The molecule has 0 aliphatic rings. The molecule has 0 saturated heterocycles. The van der Waals surface area contributed by atoms with Gasteiger partial charge in [0.15, 0.2) is 5.69 Å². The number of hydrogen-bond acceptors (Lipinski definition) is 5. The summed E-state index contributed by atoms with van der Waals surface area (Å²) in [6.45, 7) is 1.95. The molecule has 2 aromatic heterocycles. The molecule has 36 heavy (non-hydrogen) atoms. The number of pyridine rings is 1. The van der Waals surface area contributed by atoms with Gasteiger partial charge in [-0.3, -0.25) is 4.79 Å². The number of ether oxygens (including phenoxy) is 1. The first-order chi connectivity index (χ1) is 17.4. The molecule has 7 nitrogen and oxygen atoms in total. The third-order valence-corrected chi connectivity index (χ3v) is 6.05. The highest BCUT2D eigenvalue weighted by Crippen LogP contribution is 2.32. The van der Waals surface area contributed by atoms with Crippen molar-refractivity contribution in [3.63, 3.8) is 0 Å². The first kappa shape index (κ1) is 24.9. The summed E-state index contributed by atoms with van der Waals surface area (Å²) >= 11 is 0. The lowest BCUT2D eigenvalue weighted by molar-refractivity contribution is -0.116. The molecule has 1 atom stereocenters. The van der Waals surface area contributed by atoms with Crippen LogP contribution in [0, 0.1) is 5.82 Å². The summed E-state index contributed by atoms with van der Waals surface area (Å²) in [7, 11) is 3.00. The first-order valence-electron chi connectivity index (χ1n) is 11.8. The lowest BCUT2D eigenvalue weighted by Gasteiger charge is -2.16. The van der Waals surface area contributed by atoms with Crippen molar-refractivity contribution in [1.82, 2.24) is 9.55 Å². The van der Waals surface area contributed by atoms with E-state index in [2.05, 4.69) is 15.6 Å². The molecule has 1 amide bonds. The molecule has 0 bridgehead atoms. The van der Waals surface area contributed by atoms with Crippen LogP contribution in [0.25, 0.3) is 11.0 Å². The van der Waals surface area contributed by atoms with Gasteiger partial charge in [-0.05, 0) is 43.0 Å². The highest BCUT2D eigenvalue weighted by atomic mass is 19.1. The summed E-state index contributed by atoms with van der Waals surface area (Å²) in [5.74, 6) is -1.04. The minimum atomic E-state index is -0.573. The Kier molecular flexibility index (Phi) is 7.63. The van der Waals surface area contributed by atoms with Crippen molar-refractivity contribution in [2.24, 2.45) is 7.05 Å². The SMILES string of the molecule is COC(=O)c1c(NC(=O)CCc2ccccc2)c2cc(NC(C)Cc3ccccc3F)cnc2n1C. The Balaban J connectivity index is 1.59. The number of nitrogens with zero attached hydrogens (tertiary/aromatic N) is 2. The zero-order valence-electron chi connectivity index (χ0n) is 20.5. The third kappa shape index (κ3) is 5.54. The van der Waals surface area contributed by atoms with E-state index in [4.69, 9.17) is 4.74 Å². The molecule has 186 valence electrons. The van der Waals surface area contributed by atoms with Gasteiger partial charge in [-0.25, -0.2) is 14.2 Å². The van der Waals surface area contributed by atoms with Crippen molar-refractivity contribution < 1.29 is 18.7 Å². The van der Waals surface area contributed by atoms with Gasteiger partial charge in [-0.2, -0.15) is 0 Å². The van der Waals surface area contributed by atoms with Crippen molar-refractivity contribution >= 4 is 34.3 Å². The highest BCUT2D eigenvalue weighted by Gasteiger charge is 2.24. The van der Waals surface area contributed by atoms with E-state index in [9.17, 15) is 14.0 Å². The number of esters is 1. The summed E-state index contributed by atoms with van der Waals surface area (Å²) in [5.41, 5.74) is 3.45. The minimum absolute atomic E-state index is 0.0890. The summed E-state index contributed by atoms with van der Waals surface area (Å²) in [5, 5.41) is 6.86. The van der Waals surface area contributed by atoms with Gasteiger partial charge in [0.25, 0.3) is 0 Å². The zero-order chi connectivity index (χ0) is 25.7. The molecule has 8 heteroatoms. The third-order valence-electron chi connectivity index (χ3n) is 6.05. The van der Waals surface area contributed by atoms with Crippen LogP contribution in [0.5, 0.6) is 0 Å². The van der Waals surface area contributed by atoms with Crippen molar-refractivity contribution in [3.05, 3.63) is 89.5 Å². The summed E-state index contributed by atoms with van der Waals surface area (Å²) in [4.78, 5) is 30.0. The van der Waals surface area contributed by atoms with E-state index in [0.29, 0.717) is 40.8 Å². The minimum Gasteiger partial charge on any atom is -0.464 e. The topological polar surface area (TPSA) is 85.2 Å². The lowest BCUT2D eigenvalue weighted by Crippen LogP contribution is -2.19. The molecule has 0 aliphatic carbocycles. The molecule has 0 spiro atoms. The molecule has 2 N–H and O–H groups in total. The predicted molar refractivity (Wildman–Crippen MR) is 139 cm³/mol. The van der Waals surface area contributed by atoms with Crippen LogP contribution in [0.4, 0.5) is 15.8 Å². The molecule has 2 aromatic carbocycles. The predicted octanol–water partition coefficient (Wildman–Crippen LogP) is 5.11. The quantitative estimate of drug-likeness (QED) is 0.320. The Hall–Kier alpha value is -4.20. The fourth-order valence-electron chi connectivity index (χ4n) is 4.28. The van der Waals surface area contributed by atoms with Gasteiger partial charge < -0.3 is 19.9 Å². The first-order valence-corrected chi connectivity index (χ1v) is 11.8. The molecule has 1 unspecified atom stereocenters. The molecular formula is C28H29FN4O3. The van der Waals surface area contributed by atoms with Gasteiger partial charge in [0.2, 0.25) is 5.91 Å². The average molecular weight is 489 g/mol. The van der Waals surface area contributed by atoms with Crippen molar-refractivity contribution in [2.75, 3.05) is 17.7 Å². The van der Waals surface area contributed by atoms with Gasteiger partial charge in [-0.1, -0.05) is 48.5 Å². The van der Waals surface area contributed by atoms with E-state index in [1.165, 1.54) is 13.2 Å². The monoisotopic (exact) mass is 488 g/mol. The second kappa shape index (κ2) is 11.0. The molecule has 2 heterocycles. The molecule has 4 rings (SSSR count). The van der Waals surface area contributed by atoms with Crippen LogP contribution in [-0.2, 0) is 29.4 Å². The number of halogens is 1. The van der Waals surface area contributed by atoms with Crippen molar-refractivity contribution in [2.45, 2.75) is 32.2 Å². The Bertz CT molecular complexity index is 1380. The van der Waals surface area contributed by atoms with Crippen LogP contribution in [-0.4, -0.2) is 34.6 Å². The maximum Gasteiger partial charge on any atom is 0.356 e. The second-order valence-corrected chi connectivity index (χ2v) is 8.74. The number of nitrogens with one attached hydrogen (secondary N) is 2. The molecule has 0 radical (unpaired) electrons. The summed E-state index contributed by atoms with van der Waals surface area (Å²) in [6.07, 6.45) is 2.97. The molecule has 0 fully saturated rings. The van der Waals surface area contributed by atoms with Crippen LogP contribution in [0.15, 0.2) is 66.9 Å². The Morgan fingerprint density at radius 1 is 1.11 bits per heavy atom. The number of aromatic nitrogens is 2. The van der Waals surface area contributed by atoms with Crippen LogP contribution in [0.1, 0.15) is 35.0 Å². The zero-order valence-corrected chi connectivity index (χ0v) is 20.5. The lowest BCUT2D eigenvalue weighted by atomic mass is 10.1. The fraction of sp³-hybridized carbons (Fsp3) is 0.250. The standard InChI is InChI=1S/C28H29FN4O3/c1-18(15-20-11-7-8-12-23(20)29)31-21-16-22-25(26(28(35)36-3)33(2)27(22)30-17-21)32-24(34)14-13-19-9-5-4-6-10-19/h4-12,16-18,31H,13-15H2,1-3H3,(H,32,34). The van der Waals surface area contributed by atoms with Crippen molar-refractivity contribution in [1.29, 1.82) is 0 Å². The highest BCUT2D eigenvalue weighted by molar-refractivity contribution is 6.11. The maximum absolute atomic E-state index is 14.1. The van der Waals surface area contributed by atoms with Gasteiger partial charge >= 0.3 is 5.97 Å². The van der Waals surface area contributed by atoms with Crippen LogP contribution < -0.4 is 10.6 Å². The molecule has 0 saturated carbocycles. The second-order valence-electron chi connectivity index (χ2n) is 8.74. The number of benzene rings is 2. The molecule has 4 aromatic rings. The average Bonchev–Trinajstić information content (AvgIpc) is 3.14. The smallest absolute Gasteiger partial charge is 0.356 e. The number of fused-ring (bicyclic) bond motifs is 1. The number of carbonyl (C=O) groups excluding carboxylic acids is 2. The molecule has 0 aliphatic heterocycles. The number of anilines is 2. The van der Waals surface area contributed by atoms with E-state index >= 15 is 0 Å². The normalized spacial score (nSPS) is 11.8. The number of methoxy groups -OCH3 is 1. The van der Waals surface area contributed by atoms with Crippen LogP contribution >= 0.6 is 0 Å². The van der Waals surface area contributed by atoms with Gasteiger partial charge in [-0.15, -0.1) is 0 Å². The summed E-state index contributed by atoms with van der Waals surface area (Å²) in [6, 6.07) is 18.2.